The normalized spacial score (nSPS) is 11.5. The molecular weight excluding hydrogens is 267 g/mol. The molecule has 2 rings (SSSR count). The summed E-state index contributed by atoms with van der Waals surface area (Å²) in [4.78, 5) is 0. The van der Waals surface area contributed by atoms with Crippen molar-refractivity contribution in [3.05, 3.63) is 59.4 Å². The van der Waals surface area contributed by atoms with Gasteiger partial charge in [0.1, 0.15) is 17.6 Å². The molecule has 108 valence electrons. The Labute approximate surface area is 124 Å². The lowest BCUT2D eigenvalue weighted by molar-refractivity contribution is 0.368. The van der Waals surface area contributed by atoms with Crippen LogP contribution in [0.25, 0.3) is 0 Å². The van der Waals surface area contributed by atoms with Gasteiger partial charge >= 0.3 is 0 Å². The topological polar surface area (TPSA) is 45.0 Å². The number of nitrogens with one attached hydrogen (secondary N) is 1. The Kier molecular flexibility index (Phi) is 4.78. The lowest BCUT2D eigenvalue weighted by Gasteiger charge is -2.16. The van der Waals surface area contributed by atoms with E-state index in [1.54, 1.807) is 13.0 Å². The zero-order valence-corrected chi connectivity index (χ0v) is 12.1. The summed E-state index contributed by atoms with van der Waals surface area (Å²) in [6.45, 7) is 3.78. The Hall–Kier alpha value is -2.54. The number of rotatable bonds is 5. The Balaban J connectivity index is 2.04. The molecule has 0 amide bonds. The molecule has 0 aliphatic heterocycles. The molecule has 0 radical (unpaired) electrons. The molecule has 21 heavy (non-hydrogen) atoms. The van der Waals surface area contributed by atoms with E-state index in [1.165, 1.54) is 6.07 Å². The van der Waals surface area contributed by atoms with Crippen molar-refractivity contribution < 1.29 is 9.13 Å². The third kappa shape index (κ3) is 3.96. The SMILES string of the molecule is Cc1ccc(NC(C)c2ccc(OCC#N)cc2)cc1F. The van der Waals surface area contributed by atoms with E-state index in [0.29, 0.717) is 11.3 Å². The number of hydrogen-bond donors (Lipinski definition) is 1. The van der Waals surface area contributed by atoms with Gasteiger partial charge in [-0.15, -0.1) is 0 Å². The molecule has 2 aromatic rings. The average molecular weight is 284 g/mol. The zero-order valence-electron chi connectivity index (χ0n) is 12.1. The van der Waals surface area contributed by atoms with E-state index in [2.05, 4.69) is 5.32 Å². The van der Waals surface area contributed by atoms with Gasteiger partial charge in [0.15, 0.2) is 6.61 Å². The second kappa shape index (κ2) is 6.76. The Morgan fingerprint density at radius 2 is 1.95 bits per heavy atom. The molecule has 0 bridgehead atoms. The second-order valence-corrected chi connectivity index (χ2v) is 4.85. The van der Waals surface area contributed by atoms with Gasteiger partial charge in [-0.3, -0.25) is 0 Å². The lowest BCUT2D eigenvalue weighted by Crippen LogP contribution is -2.07. The number of anilines is 1. The molecule has 0 heterocycles. The average Bonchev–Trinajstić information content (AvgIpc) is 2.49. The number of nitriles is 1. The lowest BCUT2D eigenvalue weighted by atomic mass is 10.1. The van der Waals surface area contributed by atoms with Crippen LogP contribution >= 0.6 is 0 Å². The van der Waals surface area contributed by atoms with Crippen molar-refractivity contribution in [1.82, 2.24) is 0 Å². The highest BCUT2D eigenvalue weighted by Gasteiger charge is 2.07. The van der Waals surface area contributed by atoms with Crippen LogP contribution in [0.3, 0.4) is 0 Å². The van der Waals surface area contributed by atoms with Gasteiger partial charge in [0.25, 0.3) is 0 Å². The fourth-order valence-electron chi connectivity index (χ4n) is 1.98. The fraction of sp³-hybridized carbons (Fsp3) is 0.235. The first-order chi connectivity index (χ1) is 10.1. The van der Waals surface area contributed by atoms with Crippen LogP contribution in [0.5, 0.6) is 5.75 Å². The Morgan fingerprint density at radius 3 is 2.57 bits per heavy atom. The Bertz CT molecular complexity index is 647. The van der Waals surface area contributed by atoms with Gasteiger partial charge in [-0.05, 0) is 49.2 Å². The molecule has 0 aliphatic carbocycles. The summed E-state index contributed by atoms with van der Waals surface area (Å²) in [5.74, 6) is 0.446. The third-order valence-electron chi connectivity index (χ3n) is 3.24. The van der Waals surface area contributed by atoms with Gasteiger partial charge in [0.2, 0.25) is 0 Å². The number of aryl methyl sites for hydroxylation is 1. The summed E-state index contributed by atoms with van der Waals surface area (Å²) in [6.07, 6.45) is 0. The van der Waals surface area contributed by atoms with E-state index in [0.717, 1.165) is 11.3 Å². The summed E-state index contributed by atoms with van der Waals surface area (Å²) in [7, 11) is 0. The third-order valence-corrected chi connectivity index (χ3v) is 3.24. The molecule has 1 unspecified atom stereocenters. The largest absolute Gasteiger partial charge is 0.479 e. The smallest absolute Gasteiger partial charge is 0.174 e. The number of ether oxygens (including phenoxy) is 1. The molecule has 0 fully saturated rings. The van der Waals surface area contributed by atoms with Crippen molar-refractivity contribution in [1.29, 1.82) is 5.26 Å². The minimum Gasteiger partial charge on any atom is -0.479 e. The monoisotopic (exact) mass is 284 g/mol. The molecular formula is C17H17FN2O. The van der Waals surface area contributed by atoms with Crippen molar-refractivity contribution in [3.8, 4) is 11.8 Å². The maximum absolute atomic E-state index is 13.5. The first-order valence-corrected chi connectivity index (χ1v) is 6.72. The second-order valence-electron chi connectivity index (χ2n) is 4.85. The van der Waals surface area contributed by atoms with Crippen LogP contribution in [0, 0.1) is 24.1 Å². The molecule has 0 aliphatic rings. The summed E-state index contributed by atoms with van der Waals surface area (Å²) in [6, 6.07) is 14.6. The highest BCUT2D eigenvalue weighted by Crippen LogP contribution is 2.22. The molecule has 2 aromatic carbocycles. The fourth-order valence-corrected chi connectivity index (χ4v) is 1.98. The van der Waals surface area contributed by atoms with Gasteiger partial charge in [0.05, 0.1) is 0 Å². The van der Waals surface area contributed by atoms with Crippen molar-refractivity contribution >= 4 is 5.69 Å². The van der Waals surface area contributed by atoms with Gasteiger partial charge in [-0.25, -0.2) is 4.39 Å². The van der Waals surface area contributed by atoms with Crippen LogP contribution in [0.1, 0.15) is 24.1 Å². The van der Waals surface area contributed by atoms with Crippen molar-refractivity contribution in [2.75, 3.05) is 11.9 Å². The molecule has 0 spiro atoms. The van der Waals surface area contributed by atoms with Crippen LogP contribution in [-0.2, 0) is 0 Å². The minimum absolute atomic E-state index is 0.0375. The molecule has 1 atom stereocenters. The highest BCUT2D eigenvalue weighted by molar-refractivity contribution is 5.47. The van der Waals surface area contributed by atoms with E-state index in [4.69, 9.17) is 10.00 Å². The van der Waals surface area contributed by atoms with Crippen LogP contribution in [0.2, 0.25) is 0 Å². The van der Waals surface area contributed by atoms with Crippen molar-refractivity contribution in [2.45, 2.75) is 19.9 Å². The molecule has 4 heteroatoms. The van der Waals surface area contributed by atoms with Gasteiger partial charge < -0.3 is 10.1 Å². The Morgan fingerprint density at radius 1 is 1.24 bits per heavy atom. The van der Waals surface area contributed by atoms with E-state index < -0.39 is 0 Å². The number of nitrogens with zero attached hydrogens (tertiary/aromatic N) is 1. The number of hydrogen-bond acceptors (Lipinski definition) is 3. The van der Waals surface area contributed by atoms with Gasteiger partial charge in [-0.2, -0.15) is 5.26 Å². The summed E-state index contributed by atoms with van der Waals surface area (Å²) >= 11 is 0. The predicted octanol–water partition coefficient (Wildman–Crippen LogP) is 4.21. The van der Waals surface area contributed by atoms with Crippen LogP contribution in [0.4, 0.5) is 10.1 Å². The summed E-state index contributed by atoms with van der Waals surface area (Å²) in [5.41, 5.74) is 2.43. The van der Waals surface area contributed by atoms with Crippen LogP contribution in [0.15, 0.2) is 42.5 Å². The van der Waals surface area contributed by atoms with E-state index >= 15 is 0 Å². The number of halogens is 1. The zero-order chi connectivity index (χ0) is 15.2. The molecule has 1 N–H and O–H groups in total. The van der Waals surface area contributed by atoms with E-state index in [-0.39, 0.29) is 18.5 Å². The quantitative estimate of drug-likeness (QED) is 0.894. The van der Waals surface area contributed by atoms with Crippen LogP contribution < -0.4 is 10.1 Å². The molecule has 0 saturated carbocycles. The summed E-state index contributed by atoms with van der Waals surface area (Å²) in [5, 5.41) is 11.7. The first kappa shape index (κ1) is 14.9. The molecule has 0 aromatic heterocycles. The van der Waals surface area contributed by atoms with Gasteiger partial charge in [-0.1, -0.05) is 18.2 Å². The first-order valence-electron chi connectivity index (χ1n) is 6.72. The maximum atomic E-state index is 13.5. The number of benzene rings is 2. The summed E-state index contributed by atoms with van der Waals surface area (Å²) < 4.78 is 18.7. The van der Waals surface area contributed by atoms with Crippen molar-refractivity contribution in [2.24, 2.45) is 0 Å². The molecule has 0 saturated heterocycles. The maximum Gasteiger partial charge on any atom is 0.174 e. The molecule has 3 nitrogen and oxygen atoms in total. The van der Waals surface area contributed by atoms with E-state index in [1.807, 2.05) is 43.3 Å². The van der Waals surface area contributed by atoms with Crippen molar-refractivity contribution in [3.63, 3.8) is 0 Å². The minimum atomic E-state index is -0.215. The predicted molar refractivity (Wildman–Crippen MR) is 80.7 cm³/mol. The standard InChI is InChI=1S/C17H17FN2O/c1-12-3-6-15(11-17(12)18)20-13(2)14-4-7-16(8-5-14)21-10-9-19/h3-8,11,13,20H,10H2,1-2H3. The van der Waals surface area contributed by atoms with E-state index in [9.17, 15) is 4.39 Å². The highest BCUT2D eigenvalue weighted by atomic mass is 19.1. The van der Waals surface area contributed by atoms with Crippen LogP contribution in [-0.4, -0.2) is 6.61 Å². The van der Waals surface area contributed by atoms with Gasteiger partial charge in [0, 0.05) is 11.7 Å².